The fourth-order valence-electron chi connectivity index (χ4n) is 1.86. The van der Waals surface area contributed by atoms with Crippen LogP contribution in [0.25, 0.3) is 0 Å². The van der Waals surface area contributed by atoms with E-state index < -0.39 is 0 Å². The van der Waals surface area contributed by atoms with Crippen LogP contribution in [0, 0.1) is 23.6 Å². The molecule has 110 valence electrons. The summed E-state index contributed by atoms with van der Waals surface area (Å²) in [6, 6.07) is 4.74. The molecule has 0 amide bonds. The van der Waals surface area contributed by atoms with E-state index in [9.17, 15) is 4.39 Å². The third kappa shape index (κ3) is 6.18. The predicted octanol–water partition coefficient (Wildman–Crippen LogP) is 3.04. The Morgan fingerprint density at radius 3 is 2.75 bits per heavy atom. The molecule has 0 aliphatic rings. The minimum absolute atomic E-state index is 0.0337. The number of hydrogen-bond donors (Lipinski definition) is 1. The second-order valence-electron chi connectivity index (χ2n) is 5.50. The Kier molecular flexibility index (Phi) is 7.28. The summed E-state index contributed by atoms with van der Waals surface area (Å²) in [5.41, 5.74) is 1.75. The summed E-state index contributed by atoms with van der Waals surface area (Å²) >= 11 is 0. The van der Waals surface area contributed by atoms with E-state index in [-0.39, 0.29) is 12.4 Å². The molecular weight excluding hydrogens is 253 g/mol. The zero-order valence-corrected chi connectivity index (χ0v) is 12.6. The van der Waals surface area contributed by atoms with E-state index in [1.54, 1.807) is 6.07 Å². The van der Waals surface area contributed by atoms with Crippen LogP contribution in [-0.4, -0.2) is 30.2 Å². The zero-order valence-electron chi connectivity index (χ0n) is 12.6. The maximum atomic E-state index is 13.3. The number of benzene rings is 1. The van der Waals surface area contributed by atoms with Gasteiger partial charge in [-0.05, 0) is 43.6 Å². The first kappa shape index (κ1) is 16.7. The molecule has 3 heteroatoms. The first-order valence-corrected chi connectivity index (χ1v) is 7.09. The molecule has 1 rings (SSSR count). The Balaban J connectivity index is 2.76. The molecule has 0 atom stereocenters. The number of hydrogen-bond acceptors (Lipinski definition) is 2. The summed E-state index contributed by atoms with van der Waals surface area (Å²) in [5.74, 6) is 6.21. The summed E-state index contributed by atoms with van der Waals surface area (Å²) in [7, 11) is 2.07. The van der Waals surface area contributed by atoms with Crippen LogP contribution in [0.15, 0.2) is 18.2 Å². The van der Waals surface area contributed by atoms with Gasteiger partial charge in [-0.3, -0.25) is 0 Å². The van der Waals surface area contributed by atoms with E-state index in [0.29, 0.717) is 12.3 Å². The van der Waals surface area contributed by atoms with Gasteiger partial charge in [-0.1, -0.05) is 31.8 Å². The Bertz CT molecular complexity index is 474. The summed E-state index contributed by atoms with van der Waals surface area (Å²) in [4.78, 5) is 2.23. The molecule has 20 heavy (non-hydrogen) atoms. The third-order valence-corrected chi connectivity index (χ3v) is 3.06. The minimum atomic E-state index is -0.271. The summed E-state index contributed by atoms with van der Waals surface area (Å²) in [6.45, 7) is 6.22. The Hall–Kier alpha value is -1.37. The number of aliphatic hydroxyl groups excluding tert-OH is 1. The predicted molar refractivity (Wildman–Crippen MR) is 80.8 cm³/mol. The van der Waals surface area contributed by atoms with Gasteiger partial charge in [0.15, 0.2) is 0 Å². The molecule has 0 radical (unpaired) electrons. The van der Waals surface area contributed by atoms with E-state index in [0.717, 1.165) is 30.6 Å². The summed E-state index contributed by atoms with van der Waals surface area (Å²) < 4.78 is 13.3. The topological polar surface area (TPSA) is 23.5 Å². The van der Waals surface area contributed by atoms with Gasteiger partial charge in [-0.25, -0.2) is 4.39 Å². The molecule has 2 nitrogen and oxygen atoms in total. The Morgan fingerprint density at radius 1 is 1.35 bits per heavy atom. The highest BCUT2D eigenvalue weighted by Crippen LogP contribution is 2.13. The molecule has 0 bridgehead atoms. The van der Waals surface area contributed by atoms with Crippen molar-refractivity contribution in [3.05, 3.63) is 35.1 Å². The average molecular weight is 277 g/mol. The third-order valence-electron chi connectivity index (χ3n) is 3.06. The van der Waals surface area contributed by atoms with Gasteiger partial charge in [-0.2, -0.15) is 0 Å². The maximum absolute atomic E-state index is 13.3. The van der Waals surface area contributed by atoms with Gasteiger partial charge in [-0.15, -0.1) is 0 Å². The van der Waals surface area contributed by atoms with Crippen molar-refractivity contribution in [3.63, 3.8) is 0 Å². The maximum Gasteiger partial charge on any atom is 0.124 e. The lowest BCUT2D eigenvalue weighted by Crippen LogP contribution is -2.21. The summed E-state index contributed by atoms with van der Waals surface area (Å²) in [6.07, 6.45) is 1.56. The van der Waals surface area contributed by atoms with Crippen molar-refractivity contribution in [1.29, 1.82) is 0 Å². The average Bonchev–Trinajstić information content (AvgIpc) is 2.39. The van der Waals surface area contributed by atoms with Crippen molar-refractivity contribution >= 4 is 0 Å². The number of halogens is 1. The fraction of sp³-hybridized carbons (Fsp3) is 0.529. The van der Waals surface area contributed by atoms with E-state index in [2.05, 4.69) is 37.6 Å². The van der Waals surface area contributed by atoms with Gasteiger partial charge < -0.3 is 10.0 Å². The zero-order chi connectivity index (χ0) is 15.0. The minimum Gasteiger partial charge on any atom is -0.395 e. The highest BCUT2D eigenvalue weighted by molar-refractivity contribution is 5.41. The van der Waals surface area contributed by atoms with Crippen molar-refractivity contribution in [1.82, 2.24) is 4.90 Å². The van der Waals surface area contributed by atoms with E-state index >= 15 is 0 Å². The van der Waals surface area contributed by atoms with Gasteiger partial charge in [0.05, 0.1) is 6.61 Å². The van der Waals surface area contributed by atoms with Gasteiger partial charge in [0.25, 0.3) is 0 Å². The molecule has 0 unspecified atom stereocenters. The van der Waals surface area contributed by atoms with Crippen molar-refractivity contribution in [2.75, 3.05) is 20.2 Å². The molecule has 0 saturated heterocycles. The van der Waals surface area contributed by atoms with E-state index in [4.69, 9.17) is 5.11 Å². The Labute approximate surface area is 121 Å². The molecule has 0 aromatic heterocycles. The van der Waals surface area contributed by atoms with Crippen LogP contribution in [0.4, 0.5) is 4.39 Å². The van der Waals surface area contributed by atoms with Crippen LogP contribution in [0.5, 0.6) is 0 Å². The first-order valence-electron chi connectivity index (χ1n) is 7.09. The monoisotopic (exact) mass is 277 g/mol. The highest BCUT2D eigenvalue weighted by atomic mass is 19.1. The first-order chi connectivity index (χ1) is 9.52. The van der Waals surface area contributed by atoms with Gasteiger partial charge >= 0.3 is 0 Å². The lowest BCUT2D eigenvalue weighted by atomic mass is 10.1. The normalized spacial score (nSPS) is 10.8. The second kappa shape index (κ2) is 8.73. The summed E-state index contributed by atoms with van der Waals surface area (Å²) in [5, 5.41) is 8.75. The molecule has 0 aliphatic carbocycles. The molecule has 0 spiro atoms. The second-order valence-corrected chi connectivity index (χ2v) is 5.50. The molecule has 0 fully saturated rings. The lowest BCUT2D eigenvalue weighted by molar-refractivity contribution is 0.303. The quantitative estimate of drug-likeness (QED) is 0.808. The molecular formula is C17H24FNO. The van der Waals surface area contributed by atoms with Crippen LogP contribution < -0.4 is 0 Å². The fourth-order valence-corrected chi connectivity index (χ4v) is 1.86. The van der Waals surface area contributed by atoms with Crippen molar-refractivity contribution < 1.29 is 9.50 Å². The lowest BCUT2D eigenvalue weighted by Gasteiger charge is -2.18. The molecule has 0 saturated carbocycles. The van der Waals surface area contributed by atoms with E-state index in [1.807, 2.05) is 0 Å². The van der Waals surface area contributed by atoms with Crippen molar-refractivity contribution in [2.24, 2.45) is 5.92 Å². The van der Waals surface area contributed by atoms with Crippen LogP contribution >= 0.6 is 0 Å². The van der Waals surface area contributed by atoms with Crippen LogP contribution in [-0.2, 0) is 6.54 Å². The molecule has 1 N–H and O–H groups in total. The van der Waals surface area contributed by atoms with Crippen molar-refractivity contribution in [3.8, 4) is 11.8 Å². The number of aliphatic hydroxyl groups is 1. The van der Waals surface area contributed by atoms with Gasteiger partial charge in [0.1, 0.15) is 5.82 Å². The standard InChI is InChI=1S/C17H24FNO/c1-14(2)9-10-19(3)13-16-7-8-17(18)12-15(16)6-4-5-11-20/h7-8,12,14,20H,5,9-11,13H2,1-3H3. The number of nitrogens with zero attached hydrogens (tertiary/aromatic N) is 1. The SMILES string of the molecule is CC(C)CCN(C)Cc1ccc(F)cc1C#CCCO. The molecule has 0 heterocycles. The largest absolute Gasteiger partial charge is 0.395 e. The van der Waals surface area contributed by atoms with Crippen molar-refractivity contribution in [2.45, 2.75) is 33.2 Å². The highest BCUT2D eigenvalue weighted by Gasteiger charge is 2.06. The number of rotatable bonds is 6. The molecule has 1 aromatic carbocycles. The Morgan fingerprint density at radius 2 is 2.10 bits per heavy atom. The van der Waals surface area contributed by atoms with Crippen LogP contribution in [0.3, 0.4) is 0 Å². The molecule has 0 aliphatic heterocycles. The van der Waals surface area contributed by atoms with E-state index in [1.165, 1.54) is 12.1 Å². The molecule has 1 aromatic rings. The van der Waals surface area contributed by atoms with Crippen LogP contribution in [0.1, 0.15) is 37.8 Å². The van der Waals surface area contributed by atoms with Gasteiger partial charge in [0, 0.05) is 18.5 Å². The van der Waals surface area contributed by atoms with Gasteiger partial charge in [0.2, 0.25) is 0 Å². The smallest absolute Gasteiger partial charge is 0.124 e. The van der Waals surface area contributed by atoms with Crippen LogP contribution in [0.2, 0.25) is 0 Å².